The standard InChI is InChI=1S/C50H31NS2/c1-3-12-32(13-4-1)36-25-27-41-47(30-36)52-46-21-11-19-43(48(41)46)51(37-26-24-35-23-22-34-16-7-8-17-38(34)42(35)31-37)44-29-28-39(33-14-5-2-6-15-33)50-49(44)40-18-9-10-20-45(40)53-50/h1-31H. The molecular weight excluding hydrogens is 679 g/mol. The third kappa shape index (κ3) is 4.89. The lowest BCUT2D eigenvalue weighted by Gasteiger charge is -2.28. The smallest absolute Gasteiger partial charge is 0.0555 e. The van der Waals surface area contributed by atoms with E-state index < -0.39 is 0 Å². The van der Waals surface area contributed by atoms with Crippen LogP contribution in [-0.4, -0.2) is 0 Å². The van der Waals surface area contributed by atoms with Crippen molar-refractivity contribution >= 4 is 102 Å². The van der Waals surface area contributed by atoms with Crippen molar-refractivity contribution in [3.05, 3.63) is 188 Å². The second-order valence-electron chi connectivity index (χ2n) is 13.7. The Morgan fingerprint density at radius 1 is 0.340 bits per heavy atom. The van der Waals surface area contributed by atoms with Crippen LogP contribution in [-0.2, 0) is 0 Å². The minimum Gasteiger partial charge on any atom is -0.309 e. The van der Waals surface area contributed by atoms with Gasteiger partial charge >= 0.3 is 0 Å². The number of hydrogen-bond donors (Lipinski definition) is 0. The molecule has 0 N–H and O–H groups in total. The number of fused-ring (bicyclic) bond motifs is 9. The van der Waals surface area contributed by atoms with E-state index in [1.54, 1.807) is 0 Å². The van der Waals surface area contributed by atoms with Gasteiger partial charge in [0.15, 0.2) is 0 Å². The van der Waals surface area contributed by atoms with Crippen molar-refractivity contribution in [1.82, 2.24) is 0 Å². The molecule has 2 aromatic heterocycles. The fourth-order valence-corrected chi connectivity index (χ4v) is 10.6. The largest absolute Gasteiger partial charge is 0.309 e. The van der Waals surface area contributed by atoms with E-state index in [0.717, 1.165) is 5.69 Å². The minimum atomic E-state index is 1.14. The van der Waals surface area contributed by atoms with Gasteiger partial charge in [-0.05, 0) is 86.3 Å². The zero-order chi connectivity index (χ0) is 34.9. The zero-order valence-corrected chi connectivity index (χ0v) is 30.3. The molecule has 0 aliphatic rings. The van der Waals surface area contributed by atoms with Crippen molar-refractivity contribution in [1.29, 1.82) is 0 Å². The second-order valence-corrected chi connectivity index (χ2v) is 15.8. The van der Waals surface area contributed by atoms with E-state index in [9.17, 15) is 0 Å². The van der Waals surface area contributed by atoms with Gasteiger partial charge in [-0.2, -0.15) is 0 Å². The van der Waals surface area contributed by atoms with Crippen molar-refractivity contribution in [2.24, 2.45) is 0 Å². The first-order valence-corrected chi connectivity index (χ1v) is 19.6. The van der Waals surface area contributed by atoms with E-state index >= 15 is 0 Å². The lowest BCUT2D eigenvalue weighted by molar-refractivity contribution is 1.33. The van der Waals surface area contributed by atoms with Crippen molar-refractivity contribution in [2.45, 2.75) is 0 Å². The van der Waals surface area contributed by atoms with Gasteiger partial charge in [0.2, 0.25) is 0 Å². The predicted octanol–water partition coefficient (Wildman–Crippen LogP) is 15.5. The molecule has 0 spiro atoms. The highest BCUT2D eigenvalue weighted by Crippen LogP contribution is 2.51. The third-order valence-corrected chi connectivity index (χ3v) is 13.0. The number of rotatable bonds is 5. The average Bonchev–Trinajstić information content (AvgIpc) is 3.81. The van der Waals surface area contributed by atoms with E-state index in [0.29, 0.717) is 0 Å². The van der Waals surface area contributed by atoms with Gasteiger partial charge in [0.25, 0.3) is 0 Å². The maximum Gasteiger partial charge on any atom is 0.0555 e. The normalized spacial score (nSPS) is 11.8. The first-order chi connectivity index (χ1) is 26.3. The molecule has 0 atom stereocenters. The number of thiophene rings is 2. The molecule has 0 fully saturated rings. The summed E-state index contributed by atoms with van der Waals surface area (Å²) in [4.78, 5) is 2.54. The molecule has 11 rings (SSSR count). The van der Waals surface area contributed by atoms with Crippen LogP contribution >= 0.6 is 22.7 Å². The van der Waals surface area contributed by atoms with Crippen molar-refractivity contribution < 1.29 is 0 Å². The Hall–Kier alpha value is -6.26. The molecule has 9 aromatic carbocycles. The Labute approximate surface area is 315 Å². The summed E-state index contributed by atoms with van der Waals surface area (Å²) in [6, 6.07) is 69.2. The molecule has 0 unspecified atom stereocenters. The molecule has 11 aromatic rings. The van der Waals surface area contributed by atoms with E-state index in [2.05, 4.69) is 193 Å². The van der Waals surface area contributed by atoms with Crippen molar-refractivity contribution in [3.8, 4) is 22.3 Å². The van der Waals surface area contributed by atoms with E-state index in [4.69, 9.17) is 0 Å². The summed E-state index contributed by atoms with van der Waals surface area (Å²) < 4.78 is 5.18. The van der Waals surface area contributed by atoms with E-state index in [1.807, 2.05) is 22.7 Å². The van der Waals surface area contributed by atoms with Crippen LogP contribution < -0.4 is 4.90 Å². The van der Waals surface area contributed by atoms with Gasteiger partial charge in [0.05, 0.1) is 11.4 Å². The Kier molecular flexibility index (Phi) is 6.97. The highest BCUT2D eigenvalue weighted by molar-refractivity contribution is 7.26. The number of nitrogens with zero attached hydrogens (tertiary/aromatic N) is 1. The Morgan fingerprint density at radius 3 is 1.85 bits per heavy atom. The number of anilines is 3. The molecule has 0 bridgehead atoms. The van der Waals surface area contributed by atoms with Crippen LogP contribution in [0.25, 0.3) is 84.1 Å². The molecule has 0 saturated carbocycles. The molecule has 248 valence electrons. The SMILES string of the molecule is c1ccc(-c2ccc3c(c2)sc2cccc(N(c4ccc5ccc6ccccc6c5c4)c4ccc(-c5ccccc5)c5sc6ccccc6c45)c23)cc1. The lowest BCUT2D eigenvalue weighted by atomic mass is 9.98. The first-order valence-electron chi connectivity index (χ1n) is 18.0. The minimum absolute atomic E-state index is 1.14. The highest BCUT2D eigenvalue weighted by atomic mass is 32.1. The molecule has 0 saturated heterocycles. The maximum absolute atomic E-state index is 2.54. The van der Waals surface area contributed by atoms with E-state index in [1.165, 1.54) is 95.5 Å². The fraction of sp³-hybridized carbons (Fsp3) is 0. The Morgan fingerprint density at radius 2 is 1.00 bits per heavy atom. The monoisotopic (exact) mass is 709 g/mol. The average molecular weight is 710 g/mol. The summed E-state index contributed by atoms with van der Waals surface area (Å²) in [5, 5.41) is 10.2. The van der Waals surface area contributed by atoms with Gasteiger partial charge in [-0.25, -0.2) is 0 Å². The lowest BCUT2D eigenvalue weighted by Crippen LogP contribution is -2.11. The van der Waals surface area contributed by atoms with Crippen LogP contribution in [0.3, 0.4) is 0 Å². The van der Waals surface area contributed by atoms with Crippen LogP contribution in [0.4, 0.5) is 17.1 Å². The third-order valence-electron chi connectivity index (χ3n) is 10.6. The summed E-state index contributed by atoms with van der Waals surface area (Å²) in [6.45, 7) is 0. The highest BCUT2D eigenvalue weighted by Gasteiger charge is 2.24. The van der Waals surface area contributed by atoms with Crippen LogP contribution in [0.15, 0.2) is 188 Å². The fourth-order valence-electron chi connectivity index (χ4n) is 8.18. The topological polar surface area (TPSA) is 3.24 Å². The molecule has 1 nitrogen and oxygen atoms in total. The quantitative estimate of drug-likeness (QED) is 0.161. The molecule has 53 heavy (non-hydrogen) atoms. The van der Waals surface area contributed by atoms with Crippen molar-refractivity contribution in [2.75, 3.05) is 4.90 Å². The van der Waals surface area contributed by atoms with Gasteiger partial charge in [-0.1, -0.05) is 146 Å². The zero-order valence-electron chi connectivity index (χ0n) is 28.7. The van der Waals surface area contributed by atoms with Crippen LogP contribution in [0.5, 0.6) is 0 Å². The summed E-state index contributed by atoms with van der Waals surface area (Å²) in [6.07, 6.45) is 0. The summed E-state index contributed by atoms with van der Waals surface area (Å²) in [5.74, 6) is 0. The molecule has 3 heteroatoms. The number of benzene rings is 9. The van der Waals surface area contributed by atoms with Gasteiger partial charge in [-0.15, -0.1) is 22.7 Å². The van der Waals surface area contributed by atoms with Crippen LogP contribution in [0.1, 0.15) is 0 Å². The Balaban J connectivity index is 1.24. The predicted molar refractivity (Wildman–Crippen MR) is 233 cm³/mol. The maximum atomic E-state index is 2.54. The summed E-state index contributed by atoms with van der Waals surface area (Å²) in [7, 11) is 0. The number of hydrogen-bond acceptors (Lipinski definition) is 3. The molecule has 0 aliphatic carbocycles. The summed E-state index contributed by atoms with van der Waals surface area (Å²) >= 11 is 3.77. The van der Waals surface area contributed by atoms with Gasteiger partial charge in [0, 0.05) is 46.0 Å². The van der Waals surface area contributed by atoms with Crippen molar-refractivity contribution in [3.63, 3.8) is 0 Å². The Bertz CT molecular complexity index is 3170. The first kappa shape index (κ1) is 30.4. The molecule has 2 heterocycles. The molecule has 0 aliphatic heterocycles. The van der Waals surface area contributed by atoms with Gasteiger partial charge in [-0.3, -0.25) is 0 Å². The van der Waals surface area contributed by atoms with Gasteiger partial charge < -0.3 is 4.90 Å². The molecule has 0 radical (unpaired) electrons. The summed E-state index contributed by atoms with van der Waals surface area (Å²) in [5.41, 5.74) is 8.50. The van der Waals surface area contributed by atoms with E-state index in [-0.39, 0.29) is 0 Å². The second kappa shape index (κ2) is 12.2. The molecular formula is C50H31NS2. The van der Waals surface area contributed by atoms with Crippen LogP contribution in [0.2, 0.25) is 0 Å². The van der Waals surface area contributed by atoms with Gasteiger partial charge in [0.1, 0.15) is 0 Å². The molecule has 0 amide bonds. The van der Waals surface area contributed by atoms with Crippen LogP contribution in [0, 0.1) is 0 Å².